The second-order valence-corrected chi connectivity index (χ2v) is 7.62. The maximum absolute atomic E-state index is 10.6. The predicted octanol–water partition coefficient (Wildman–Crippen LogP) is 3.02. The van der Waals surface area contributed by atoms with Crippen molar-refractivity contribution >= 4 is 0 Å². The van der Waals surface area contributed by atoms with Gasteiger partial charge in [-0.05, 0) is 24.1 Å². The summed E-state index contributed by atoms with van der Waals surface area (Å²) >= 11 is 0. The molecule has 1 fully saturated rings. The molecule has 5 heteroatoms. The van der Waals surface area contributed by atoms with Gasteiger partial charge in [-0.25, -0.2) is 0 Å². The number of aliphatic hydroxyl groups excluding tert-OH is 1. The number of aliphatic hydroxyl groups is 1. The Kier molecular flexibility index (Phi) is 5.57. The van der Waals surface area contributed by atoms with Gasteiger partial charge in [0, 0.05) is 38.9 Å². The van der Waals surface area contributed by atoms with Crippen LogP contribution in [0.5, 0.6) is 0 Å². The first-order chi connectivity index (χ1) is 13.7. The maximum atomic E-state index is 10.6. The molecule has 146 valence electrons. The largest absolute Gasteiger partial charge is 0.387 e. The number of β-amino-alcohol motifs (C(OH)–C–C–N with tert-alkyl or cyclic N) is 1. The molecule has 2 heterocycles. The molecule has 1 aliphatic rings. The van der Waals surface area contributed by atoms with Crippen LogP contribution in [0.3, 0.4) is 0 Å². The Morgan fingerprint density at radius 3 is 2.21 bits per heavy atom. The summed E-state index contributed by atoms with van der Waals surface area (Å²) < 4.78 is 0. The van der Waals surface area contributed by atoms with Gasteiger partial charge in [0.05, 0.1) is 17.3 Å². The molecule has 1 saturated heterocycles. The average Bonchev–Trinajstić information content (AvgIpc) is 3.30. The van der Waals surface area contributed by atoms with Gasteiger partial charge in [-0.15, -0.1) is 0 Å². The van der Waals surface area contributed by atoms with Gasteiger partial charge in [0.15, 0.2) is 0 Å². The van der Waals surface area contributed by atoms with E-state index in [2.05, 4.69) is 63.3 Å². The summed E-state index contributed by atoms with van der Waals surface area (Å²) in [5, 5.41) is 18.0. The van der Waals surface area contributed by atoms with Crippen LogP contribution in [0.4, 0.5) is 0 Å². The Morgan fingerprint density at radius 2 is 1.61 bits per heavy atom. The minimum atomic E-state index is -0.444. The van der Waals surface area contributed by atoms with E-state index in [9.17, 15) is 5.11 Å². The maximum Gasteiger partial charge on any atom is 0.0916 e. The first-order valence-corrected chi connectivity index (χ1v) is 9.94. The van der Waals surface area contributed by atoms with Gasteiger partial charge in [0.25, 0.3) is 0 Å². The molecule has 2 unspecified atom stereocenters. The quantitative estimate of drug-likeness (QED) is 0.694. The summed E-state index contributed by atoms with van der Waals surface area (Å²) in [6.07, 6.45) is 1.38. The Labute approximate surface area is 166 Å². The number of nitrogens with one attached hydrogen (secondary N) is 1. The second kappa shape index (κ2) is 8.27. The highest BCUT2D eigenvalue weighted by Gasteiger charge is 2.38. The molecule has 3 aromatic rings. The fourth-order valence-electron chi connectivity index (χ4n) is 4.20. The van der Waals surface area contributed by atoms with Gasteiger partial charge >= 0.3 is 0 Å². The molecular weight excluding hydrogens is 348 g/mol. The van der Waals surface area contributed by atoms with Crippen molar-refractivity contribution in [3.05, 3.63) is 89.7 Å². The summed E-state index contributed by atoms with van der Waals surface area (Å²) in [5.41, 5.74) is 3.10. The van der Waals surface area contributed by atoms with Crippen LogP contribution in [0.25, 0.3) is 0 Å². The lowest BCUT2D eigenvalue weighted by atomic mass is 9.86. The van der Waals surface area contributed by atoms with E-state index in [1.54, 1.807) is 0 Å². The van der Waals surface area contributed by atoms with Crippen molar-refractivity contribution in [3.8, 4) is 0 Å². The zero-order valence-electron chi connectivity index (χ0n) is 16.3. The number of nitrogens with zero attached hydrogens (tertiary/aromatic N) is 3. The first kappa shape index (κ1) is 18.9. The number of piperazine rings is 1. The lowest BCUT2D eigenvalue weighted by Crippen LogP contribution is -2.55. The molecule has 28 heavy (non-hydrogen) atoms. The van der Waals surface area contributed by atoms with Crippen molar-refractivity contribution in [1.82, 2.24) is 20.0 Å². The van der Waals surface area contributed by atoms with E-state index in [1.807, 2.05) is 36.5 Å². The van der Waals surface area contributed by atoms with Crippen LogP contribution < -0.4 is 0 Å². The molecule has 4 rings (SSSR count). The van der Waals surface area contributed by atoms with E-state index < -0.39 is 6.10 Å². The summed E-state index contributed by atoms with van der Waals surface area (Å²) in [4.78, 5) is 4.87. The van der Waals surface area contributed by atoms with Crippen molar-refractivity contribution in [2.45, 2.75) is 18.6 Å². The number of rotatable bonds is 6. The van der Waals surface area contributed by atoms with Crippen LogP contribution in [0.15, 0.2) is 72.9 Å². The number of benzene rings is 2. The van der Waals surface area contributed by atoms with Crippen LogP contribution >= 0.6 is 0 Å². The number of hydrogen-bond acceptors (Lipinski definition) is 4. The van der Waals surface area contributed by atoms with Crippen LogP contribution in [0.1, 0.15) is 29.8 Å². The lowest BCUT2D eigenvalue weighted by Gasteiger charge is -2.46. The fourth-order valence-corrected chi connectivity index (χ4v) is 4.20. The minimum absolute atomic E-state index is 0.248. The van der Waals surface area contributed by atoms with E-state index in [0.29, 0.717) is 6.54 Å². The van der Waals surface area contributed by atoms with Gasteiger partial charge in [0.1, 0.15) is 0 Å². The van der Waals surface area contributed by atoms with E-state index in [-0.39, 0.29) is 5.54 Å². The van der Waals surface area contributed by atoms with Crippen molar-refractivity contribution in [3.63, 3.8) is 0 Å². The Hall–Kier alpha value is -2.47. The lowest BCUT2D eigenvalue weighted by molar-refractivity contribution is 0.0346. The molecule has 5 nitrogen and oxygen atoms in total. The third-order valence-corrected chi connectivity index (χ3v) is 5.98. The molecule has 1 aliphatic heterocycles. The molecular formula is C23H28N4O. The second-order valence-electron chi connectivity index (χ2n) is 7.62. The first-order valence-electron chi connectivity index (χ1n) is 9.94. The number of aromatic amines is 1. The third-order valence-electron chi connectivity index (χ3n) is 5.98. The number of aromatic nitrogens is 2. The van der Waals surface area contributed by atoms with E-state index in [1.165, 1.54) is 5.56 Å². The number of H-pyrrole nitrogens is 1. The molecule has 2 atom stereocenters. The highest BCUT2D eigenvalue weighted by Crippen LogP contribution is 2.35. The SMILES string of the molecule is CC(c1ccccc1)(c1ccn[nH]1)N1CCN(CC(O)c2ccccc2)CC1. The molecule has 1 aromatic heterocycles. The molecule has 2 N–H and O–H groups in total. The van der Waals surface area contributed by atoms with E-state index in [0.717, 1.165) is 37.4 Å². The zero-order valence-corrected chi connectivity index (χ0v) is 16.3. The fraction of sp³-hybridized carbons (Fsp3) is 0.348. The van der Waals surface area contributed by atoms with Gasteiger partial charge in [-0.2, -0.15) is 5.10 Å². The van der Waals surface area contributed by atoms with Crippen LogP contribution in [0, 0.1) is 0 Å². The van der Waals surface area contributed by atoms with Crippen molar-refractivity contribution in [2.24, 2.45) is 0 Å². The van der Waals surface area contributed by atoms with Crippen LogP contribution in [-0.4, -0.2) is 57.8 Å². The summed E-state index contributed by atoms with van der Waals surface area (Å²) in [6.45, 7) is 6.67. The monoisotopic (exact) mass is 376 g/mol. The van der Waals surface area contributed by atoms with Gasteiger partial charge in [-0.3, -0.25) is 14.9 Å². The number of hydrogen-bond donors (Lipinski definition) is 2. The molecule has 0 saturated carbocycles. The highest BCUT2D eigenvalue weighted by molar-refractivity contribution is 5.33. The molecule has 0 bridgehead atoms. The molecule has 0 aliphatic carbocycles. The molecule has 0 spiro atoms. The van der Waals surface area contributed by atoms with Crippen molar-refractivity contribution in [2.75, 3.05) is 32.7 Å². The molecule has 2 aromatic carbocycles. The molecule has 0 amide bonds. The van der Waals surface area contributed by atoms with E-state index >= 15 is 0 Å². The standard InChI is InChI=1S/C23H28N4O/c1-23(22-12-13-24-25-22,20-10-6-3-7-11-20)27-16-14-26(15-17-27)18-21(28)19-8-4-2-5-9-19/h2-13,21,28H,14-18H2,1H3,(H,24,25). The smallest absolute Gasteiger partial charge is 0.0916 e. The Balaban J connectivity index is 1.47. The zero-order chi connectivity index (χ0) is 19.4. The Bertz CT molecular complexity index is 845. The topological polar surface area (TPSA) is 55.4 Å². The van der Waals surface area contributed by atoms with E-state index in [4.69, 9.17) is 0 Å². The minimum Gasteiger partial charge on any atom is -0.387 e. The highest BCUT2D eigenvalue weighted by atomic mass is 16.3. The molecule has 0 radical (unpaired) electrons. The van der Waals surface area contributed by atoms with Crippen molar-refractivity contribution in [1.29, 1.82) is 0 Å². The average molecular weight is 377 g/mol. The summed E-state index contributed by atoms with van der Waals surface area (Å²) in [5.74, 6) is 0. The summed E-state index contributed by atoms with van der Waals surface area (Å²) in [6, 6.07) is 22.6. The normalized spacial score (nSPS) is 19.2. The third kappa shape index (κ3) is 3.74. The van der Waals surface area contributed by atoms with Crippen molar-refractivity contribution < 1.29 is 5.11 Å². The predicted molar refractivity (Wildman–Crippen MR) is 111 cm³/mol. The van der Waals surface area contributed by atoms with Crippen LogP contribution in [0.2, 0.25) is 0 Å². The van der Waals surface area contributed by atoms with Gasteiger partial charge in [0.2, 0.25) is 0 Å². The van der Waals surface area contributed by atoms with Crippen LogP contribution in [-0.2, 0) is 5.54 Å². The van der Waals surface area contributed by atoms with Gasteiger partial charge in [-0.1, -0.05) is 60.7 Å². The van der Waals surface area contributed by atoms with Gasteiger partial charge < -0.3 is 5.11 Å². The Morgan fingerprint density at radius 1 is 0.964 bits per heavy atom. The summed E-state index contributed by atoms with van der Waals surface area (Å²) in [7, 11) is 0.